The number of benzene rings is 2. The molecular formula is C23H26FN3O4S. The highest BCUT2D eigenvalue weighted by molar-refractivity contribution is 7.89. The van der Waals surface area contributed by atoms with E-state index in [-0.39, 0.29) is 29.7 Å². The van der Waals surface area contributed by atoms with Crippen LogP contribution in [0.4, 0.5) is 15.8 Å². The number of aryl methyl sites for hydroxylation is 1. The Balaban J connectivity index is 1.46. The Kier molecular flexibility index (Phi) is 6.30. The van der Waals surface area contributed by atoms with Crippen molar-refractivity contribution < 1.29 is 22.4 Å². The van der Waals surface area contributed by atoms with Gasteiger partial charge in [0.1, 0.15) is 5.82 Å². The van der Waals surface area contributed by atoms with Gasteiger partial charge < -0.3 is 10.2 Å². The van der Waals surface area contributed by atoms with Crippen LogP contribution in [0, 0.1) is 18.7 Å². The van der Waals surface area contributed by atoms with Crippen LogP contribution >= 0.6 is 0 Å². The number of carbonyl (C=O) groups is 2. The van der Waals surface area contributed by atoms with E-state index in [1.807, 2.05) is 0 Å². The molecule has 0 saturated carbocycles. The molecule has 2 fully saturated rings. The van der Waals surface area contributed by atoms with Crippen molar-refractivity contribution in [3.63, 3.8) is 0 Å². The summed E-state index contributed by atoms with van der Waals surface area (Å²) in [6.45, 7) is 2.77. The Morgan fingerprint density at radius 3 is 2.56 bits per heavy atom. The van der Waals surface area contributed by atoms with Crippen molar-refractivity contribution in [2.75, 3.05) is 29.9 Å². The molecule has 0 radical (unpaired) electrons. The van der Waals surface area contributed by atoms with Gasteiger partial charge in [0.25, 0.3) is 0 Å². The van der Waals surface area contributed by atoms with Gasteiger partial charge in [-0.05, 0) is 55.7 Å². The maximum Gasteiger partial charge on any atom is 0.243 e. The Hall–Kier alpha value is -2.78. The number of amides is 2. The van der Waals surface area contributed by atoms with Crippen molar-refractivity contribution in [2.24, 2.45) is 5.92 Å². The second-order valence-corrected chi connectivity index (χ2v) is 10.3. The van der Waals surface area contributed by atoms with E-state index >= 15 is 0 Å². The molecule has 0 bridgehead atoms. The summed E-state index contributed by atoms with van der Waals surface area (Å²) < 4.78 is 41.2. The Morgan fingerprint density at radius 2 is 1.84 bits per heavy atom. The molecule has 2 aromatic rings. The first-order chi connectivity index (χ1) is 15.3. The van der Waals surface area contributed by atoms with Crippen molar-refractivity contribution in [1.29, 1.82) is 0 Å². The van der Waals surface area contributed by atoms with E-state index in [4.69, 9.17) is 0 Å². The molecule has 4 rings (SSSR count). The smallest absolute Gasteiger partial charge is 0.243 e. The van der Waals surface area contributed by atoms with E-state index in [0.717, 1.165) is 19.3 Å². The third kappa shape index (κ3) is 4.54. The summed E-state index contributed by atoms with van der Waals surface area (Å²) in [5.41, 5.74) is 1.26. The van der Waals surface area contributed by atoms with Crippen LogP contribution in [0.25, 0.3) is 0 Å². The molecule has 2 heterocycles. The SMILES string of the molecule is Cc1ccc(N2C[C@@H](C(=O)Nc3cccc(S(=O)(=O)N4CCCCC4)c3)CC2=O)cc1F. The molecule has 0 spiro atoms. The third-order valence-electron chi connectivity index (χ3n) is 6.02. The fourth-order valence-corrected chi connectivity index (χ4v) is 5.68. The minimum atomic E-state index is -3.62. The van der Waals surface area contributed by atoms with E-state index in [2.05, 4.69) is 5.32 Å². The van der Waals surface area contributed by atoms with E-state index in [1.54, 1.807) is 31.2 Å². The number of hydrogen-bond acceptors (Lipinski definition) is 4. The fourth-order valence-electron chi connectivity index (χ4n) is 4.12. The first-order valence-corrected chi connectivity index (χ1v) is 12.2. The lowest BCUT2D eigenvalue weighted by Gasteiger charge is -2.26. The average molecular weight is 460 g/mol. The molecule has 1 N–H and O–H groups in total. The maximum atomic E-state index is 13.9. The van der Waals surface area contributed by atoms with Crippen molar-refractivity contribution in [3.05, 3.63) is 53.8 Å². The second kappa shape index (κ2) is 8.99. The third-order valence-corrected chi connectivity index (χ3v) is 7.91. The van der Waals surface area contributed by atoms with Crippen LogP contribution in [0.2, 0.25) is 0 Å². The monoisotopic (exact) mass is 459 g/mol. The van der Waals surface area contributed by atoms with Crippen LogP contribution in [0.1, 0.15) is 31.2 Å². The van der Waals surface area contributed by atoms with Gasteiger partial charge >= 0.3 is 0 Å². The van der Waals surface area contributed by atoms with Gasteiger partial charge in [-0.15, -0.1) is 0 Å². The van der Waals surface area contributed by atoms with Gasteiger partial charge in [-0.2, -0.15) is 4.31 Å². The quantitative estimate of drug-likeness (QED) is 0.743. The van der Waals surface area contributed by atoms with Gasteiger partial charge in [0, 0.05) is 37.4 Å². The van der Waals surface area contributed by atoms with Crippen molar-refractivity contribution in [3.8, 4) is 0 Å². The standard InChI is InChI=1S/C23H26FN3O4S/c1-16-8-9-19(14-21(16)24)27-15-17(12-22(27)28)23(29)25-18-6-5-7-20(13-18)32(30,31)26-10-3-2-4-11-26/h5-9,13-14,17H,2-4,10-12,15H2,1H3,(H,25,29)/t17-/m0/s1. The number of nitrogens with zero attached hydrogens (tertiary/aromatic N) is 2. The number of nitrogens with one attached hydrogen (secondary N) is 1. The number of halogens is 1. The summed E-state index contributed by atoms with van der Waals surface area (Å²) in [7, 11) is -3.62. The molecule has 1 atom stereocenters. The van der Waals surface area contributed by atoms with Gasteiger partial charge in [-0.3, -0.25) is 9.59 Å². The predicted octanol–water partition coefficient (Wildman–Crippen LogP) is 3.30. The summed E-state index contributed by atoms with van der Waals surface area (Å²) in [6, 6.07) is 10.7. The van der Waals surface area contributed by atoms with Crippen molar-refractivity contribution >= 4 is 33.2 Å². The molecule has 0 aliphatic carbocycles. The number of piperidine rings is 1. The summed E-state index contributed by atoms with van der Waals surface area (Å²) in [6.07, 6.45) is 2.71. The molecule has 32 heavy (non-hydrogen) atoms. The van der Waals surface area contributed by atoms with Gasteiger partial charge in [-0.25, -0.2) is 12.8 Å². The molecule has 2 aromatic carbocycles. The zero-order valence-electron chi connectivity index (χ0n) is 17.9. The average Bonchev–Trinajstić information content (AvgIpc) is 3.18. The van der Waals surface area contributed by atoms with Gasteiger partial charge in [0.05, 0.1) is 10.8 Å². The summed E-state index contributed by atoms with van der Waals surface area (Å²) in [5, 5.41) is 2.74. The highest BCUT2D eigenvalue weighted by atomic mass is 32.2. The molecule has 0 aromatic heterocycles. The second-order valence-electron chi connectivity index (χ2n) is 8.32. The van der Waals surface area contributed by atoms with Crippen LogP contribution in [-0.4, -0.2) is 44.2 Å². The molecule has 7 nitrogen and oxygen atoms in total. The minimum absolute atomic E-state index is 0.00704. The van der Waals surface area contributed by atoms with Crippen LogP contribution in [0.3, 0.4) is 0 Å². The normalized spacial score (nSPS) is 19.9. The zero-order valence-corrected chi connectivity index (χ0v) is 18.7. The lowest BCUT2D eigenvalue weighted by molar-refractivity contribution is -0.122. The molecular weight excluding hydrogens is 433 g/mol. The molecule has 2 aliphatic heterocycles. The maximum absolute atomic E-state index is 13.9. The Morgan fingerprint density at radius 1 is 1.09 bits per heavy atom. The summed E-state index contributed by atoms with van der Waals surface area (Å²) in [5.74, 6) is -1.65. The molecule has 2 saturated heterocycles. The summed E-state index contributed by atoms with van der Waals surface area (Å²) in [4.78, 5) is 26.8. The van der Waals surface area contributed by atoms with E-state index in [1.165, 1.54) is 27.4 Å². The first-order valence-electron chi connectivity index (χ1n) is 10.7. The van der Waals surface area contributed by atoms with Crippen molar-refractivity contribution in [1.82, 2.24) is 4.31 Å². The van der Waals surface area contributed by atoms with E-state index < -0.39 is 21.8 Å². The zero-order chi connectivity index (χ0) is 22.9. The summed E-state index contributed by atoms with van der Waals surface area (Å²) >= 11 is 0. The van der Waals surface area contributed by atoms with Gasteiger partial charge in [-0.1, -0.05) is 18.6 Å². The Bertz CT molecular complexity index is 1150. The van der Waals surface area contributed by atoms with Crippen LogP contribution in [0.5, 0.6) is 0 Å². The lowest BCUT2D eigenvalue weighted by Crippen LogP contribution is -2.35. The molecule has 170 valence electrons. The minimum Gasteiger partial charge on any atom is -0.326 e. The van der Waals surface area contributed by atoms with Crippen LogP contribution in [-0.2, 0) is 19.6 Å². The highest BCUT2D eigenvalue weighted by Crippen LogP contribution is 2.28. The Labute approximate surface area is 187 Å². The van der Waals surface area contributed by atoms with Crippen LogP contribution < -0.4 is 10.2 Å². The molecule has 2 amide bonds. The molecule has 2 aliphatic rings. The van der Waals surface area contributed by atoms with Crippen molar-refractivity contribution in [2.45, 2.75) is 37.5 Å². The number of anilines is 2. The fraction of sp³-hybridized carbons (Fsp3) is 0.391. The first kappa shape index (κ1) is 22.4. The topological polar surface area (TPSA) is 86.8 Å². The van der Waals surface area contributed by atoms with Crippen LogP contribution in [0.15, 0.2) is 47.4 Å². The van der Waals surface area contributed by atoms with E-state index in [0.29, 0.717) is 30.0 Å². The van der Waals surface area contributed by atoms with Gasteiger partial charge in [0.15, 0.2) is 0 Å². The van der Waals surface area contributed by atoms with E-state index in [9.17, 15) is 22.4 Å². The van der Waals surface area contributed by atoms with Gasteiger partial charge in [0.2, 0.25) is 21.8 Å². The number of rotatable bonds is 5. The lowest BCUT2D eigenvalue weighted by atomic mass is 10.1. The number of carbonyl (C=O) groups excluding carboxylic acids is 2. The largest absolute Gasteiger partial charge is 0.326 e. The molecule has 0 unspecified atom stereocenters. The predicted molar refractivity (Wildman–Crippen MR) is 119 cm³/mol. The highest BCUT2D eigenvalue weighted by Gasteiger charge is 2.35. The molecule has 9 heteroatoms. The number of sulfonamides is 1. The number of hydrogen-bond donors (Lipinski definition) is 1.